The summed E-state index contributed by atoms with van der Waals surface area (Å²) in [5, 5.41) is 0. The molecule has 0 N–H and O–H groups in total. The van der Waals surface area contributed by atoms with Crippen LogP contribution in [0.25, 0.3) is 22.3 Å². The molecule has 0 amide bonds. The second-order valence-electron chi connectivity index (χ2n) is 15.8. The van der Waals surface area contributed by atoms with Gasteiger partial charge in [0.2, 0.25) is 0 Å². The number of benzene rings is 8. The normalized spacial score (nSPS) is 12.5. The SMILES string of the molecule is Cc1ccc(-c2ccc(N(c3ccc4c(c3)-c3cc(N(C)c5ccc(C)cc5C)ccc3C4(c3ccccc3)c3ccccc3)c3ccc(C)cc3C)cc2)cc1. The first-order valence-electron chi connectivity index (χ1n) is 20.0. The van der Waals surface area contributed by atoms with Crippen LogP contribution in [0.15, 0.2) is 182 Å². The van der Waals surface area contributed by atoms with Gasteiger partial charge in [0, 0.05) is 35.5 Å². The first-order valence-corrected chi connectivity index (χ1v) is 20.0. The van der Waals surface area contributed by atoms with Gasteiger partial charge in [-0.1, -0.05) is 150 Å². The van der Waals surface area contributed by atoms with Gasteiger partial charge in [0.1, 0.15) is 0 Å². The molecule has 0 heterocycles. The number of hydrogen-bond donors (Lipinski definition) is 0. The molecule has 8 aromatic rings. The van der Waals surface area contributed by atoms with Crippen LogP contribution in [0.3, 0.4) is 0 Å². The van der Waals surface area contributed by atoms with Gasteiger partial charge in [-0.25, -0.2) is 0 Å². The van der Waals surface area contributed by atoms with E-state index in [1.165, 1.54) is 83.7 Å². The minimum absolute atomic E-state index is 0.497. The third kappa shape index (κ3) is 6.23. The zero-order valence-corrected chi connectivity index (χ0v) is 33.7. The molecule has 0 unspecified atom stereocenters. The molecule has 0 radical (unpaired) electrons. The molecule has 0 saturated heterocycles. The van der Waals surface area contributed by atoms with E-state index in [0.717, 1.165) is 17.1 Å². The van der Waals surface area contributed by atoms with Crippen LogP contribution in [0.1, 0.15) is 50.1 Å². The number of fused-ring (bicyclic) bond motifs is 3. The number of aryl methyl sites for hydroxylation is 5. The number of rotatable bonds is 8. The summed E-state index contributed by atoms with van der Waals surface area (Å²) in [4.78, 5) is 4.77. The van der Waals surface area contributed by atoms with E-state index in [0.29, 0.717) is 0 Å². The van der Waals surface area contributed by atoms with Crippen LogP contribution in [0.2, 0.25) is 0 Å². The van der Waals surface area contributed by atoms with Crippen LogP contribution in [0.4, 0.5) is 28.4 Å². The predicted octanol–water partition coefficient (Wildman–Crippen LogP) is 14.5. The first-order chi connectivity index (χ1) is 27.7. The quantitative estimate of drug-likeness (QED) is 0.153. The second-order valence-corrected chi connectivity index (χ2v) is 15.8. The molecule has 0 saturated carbocycles. The van der Waals surface area contributed by atoms with Crippen molar-refractivity contribution >= 4 is 28.4 Å². The molecule has 2 nitrogen and oxygen atoms in total. The van der Waals surface area contributed by atoms with E-state index in [4.69, 9.17) is 0 Å². The minimum Gasteiger partial charge on any atom is -0.344 e. The van der Waals surface area contributed by atoms with Crippen molar-refractivity contribution in [1.82, 2.24) is 0 Å². The summed E-state index contributed by atoms with van der Waals surface area (Å²) in [5.41, 5.74) is 21.6. The Morgan fingerprint density at radius 2 is 0.807 bits per heavy atom. The minimum atomic E-state index is -0.497. The van der Waals surface area contributed by atoms with Gasteiger partial charge in [-0.15, -0.1) is 0 Å². The Bertz CT molecular complexity index is 2690. The lowest BCUT2D eigenvalue weighted by Crippen LogP contribution is -2.28. The lowest BCUT2D eigenvalue weighted by Gasteiger charge is -2.34. The van der Waals surface area contributed by atoms with Crippen LogP contribution in [0, 0.1) is 34.6 Å². The summed E-state index contributed by atoms with van der Waals surface area (Å²) in [6.07, 6.45) is 0. The van der Waals surface area contributed by atoms with Gasteiger partial charge in [-0.05, 0) is 139 Å². The summed E-state index contributed by atoms with van der Waals surface area (Å²) in [6, 6.07) is 67.8. The Balaban J connectivity index is 1.28. The van der Waals surface area contributed by atoms with Crippen molar-refractivity contribution in [3.05, 3.63) is 232 Å². The molecular weight excluding hydrogens is 689 g/mol. The molecule has 0 atom stereocenters. The fourth-order valence-corrected chi connectivity index (χ4v) is 9.18. The molecule has 0 bridgehead atoms. The van der Waals surface area contributed by atoms with Gasteiger partial charge in [-0.2, -0.15) is 0 Å². The average Bonchev–Trinajstić information content (AvgIpc) is 3.52. The van der Waals surface area contributed by atoms with E-state index in [9.17, 15) is 0 Å². The number of hydrogen-bond acceptors (Lipinski definition) is 2. The van der Waals surface area contributed by atoms with E-state index in [1.807, 2.05) is 0 Å². The standard InChI is InChI=1S/C55H48N2/c1-37-17-21-42(22-18-37)43-23-25-46(26-24-43)57(54-32-20-39(3)34-41(54)5)48-28-30-52-50(36-48)49-35-47(56(6)53-31-19-38(2)33-40(53)4)27-29-51(49)55(52,44-13-9-7-10-14-44)45-15-11-8-12-16-45/h7-36H,1-6H3. The molecule has 8 aromatic carbocycles. The average molecular weight is 737 g/mol. The lowest BCUT2D eigenvalue weighted by molar-refractivity contribution is 0.768. The molecule has 0 aromatic heterocycles. The summed E-state index contributed by atoms with van der Waals surface area (Å²) < 4.78 is 0. The Morgan fingerprint density at radius 1 is 0.368 bits per heavy atom. The Labute approximate surface area is 338 Å². The van der Waals surface area contributed by atoms with Crippen molar-refractivity contribution in [3.63, 3.8) is 0 Å². The van der Waals surface area contributed by atoms with E-state index in [2.05, 4.69) is 233 Å². The lowest BCUT2D eigenvalue weighted by atomic mass is 9.67. The molecule has 9 rings (SSSR count). The molecule has 57 heavy (non-hydrogen) atoms. The highest BCUT2D eigenvalue weighted by Crippen LogP contribution is 2.58. The molecule has 278 valence electrons. The monoisotopic (exact) mass is 736 g/mol. The third-order valence-corrected chi connectivity index (χ3v) is 12.0. The fraction of sp³-hybridized carbons (Fsp3) is 0.127. The van der Waals surface area contributed by atoms with Crippen LogP contribution in [-0.2, 0) is 5.41 Å². The molecule has 0 aliphatic heterocycles. The van der Waals surface area contributed by atoms with Gasteiger partial charge in [-0.3, -0.25) is 0 Å². The molecular formula is C55H48N2. The molecule has 1 aliphatic rings. The van der Waals surface area contributed by atoms with Crippen molar-refractivity contribution in [3.8, 4) is 22.3 Å². The molecule has 1 aliphatic carbocycles. The number of nitrogens with zero attached hydrogens (tertiary/aromatic N) is 2. The Kier molecular flexibility index (Phi) is 9.14. The van der Waals surface area contributed by atoms with E-state index in [1.54, 1.807) is 0 Å². The predicted molar refractivity (Wildman–Crippen MR) is 242 cm³/mol. The Morgan fingerprint density at radius 3 is 1.33 bits per heavy atom. The zero-order valence-electron chi connectivity index (χ0n) is 33.7. The fourth-order valence-electron chi connectivity index (χ4n) is 9.18. The van der Waals surface area contributed by atoms with E-state index in [-0.39, 0.29) is 0 Å². The summed E-state index contributed by atoms with van der Waals surface area (Å²) in [6.45, 7) is 10.9. The second kappa shape index (κ2) is 14.5. The highest BCUT2D eigenvalue weighted by Gasteiger charge is 2.46. The van der Waals surface area contributed by atoms with Crippen molar-refractivity contribution in [2.45, 2.75) is 40.0 Å². The first kappa shape index (κ1) is 36.0. The molecule has 0 spiro atoms. The van der Waals surface area contributed by atoms with Crippen LogP contribution in [-0.4, -0.2) is 7.05 Å². The zero-order chi connectivity index (χ0) is 39.3. The Hall–Kier alpha value is -6.64. The van der Waals surface area contributed by atoms with Gasteiger partial charge in [0.05, 0.1) is 5.41 Å². The topological polar surface area (TPSA) is 6.48 Å². The van der Waals surface area contributed by atoms with Crippen molar-refractivity contribution in [2.24, 2.45) is 0 Å². The number of anilines is 5. The summed E-state index contributed by atoms with van der Waals surface area (Å²) >= 11 is 0. The summed E-state index contributed by atoms with van der Waals surface area (Å²) in [5.74, 6) is 0. The van der Waals surface area contributed by atoms with Gasteiger partial charge in [0.25, 0.3) is 0 Å². The van der Waals surface area contributed by atoms with Crippen molar-refractivity contribution in [1.29, 1.82) is 0 Å². The maximum atomic E-state index is 2.44. The van der Waals surface area contributed by atoms with Crippen LogP contribution < -0.4 is 9.80 Å². The molecule has 2 heteroatoms. The highest BCUT2D eigenvalue weighted by molar-refractivity contribution is 5.92. The van der Waals surface area contributed by atoms with E-state index >= 15 is 0 Å². The van der Waals surface area contributed by atoms with Gasteiger partial charge in [0.15, 0.2) is 0 Å². The maximum absolute atomic E-state index is 2.44. The largest absolute Gasteiger partial charge is 0.344 e. The molecule has 0 fully saturated rings. The van der Waals surface area contributed by atoms with Crippen LogP contribution >= 0.6 is 0 Å². The van der Waals surface area contributed by atoms with Gasteiger partial charge < -0.3 is 9.80 Å². The summed E-state index contributed by atoms with van der Waals surface area (Å²) in [7, 11) is 2.19. The highest BCUT2D eigenvalue weighted by atomic mass is 15.1. The smallest absolute Gasteiger partial charge is 0.0713 e. The van der Waals surface area contributed by atoms with Crippen molar-refractivity contribution < 1.29 is 0 Å². The van der Waals surface area contributed by atoms with E-state index < -0.39 is 5.41 Å². The maximum Gasteiger partial charge on any atom is 0.0713 e. The third-order valence-electron chi connectivity index (χ3n) is 12.0. The van der Waals surface area contributed by atoms with Crippen LogP contribution in [0.5, 0.6) is 0 Å². The van der Waals surface area contributed by atoms with Gasteiger partial charge >= 0.3 is 0 Å². The van der Waals surface area contributed by atoms with Crippen molar-refractivity contribution in [2.75, 3.05) is 16.8 Å².